The molecule has 0 aliphatic rings. The third-order valence-electron chi connectivity index (χ3n) is 1.47. The van der Waals surface area contributed by atoms with Crippen LogP contribution >= 0.6 is 0 Å². The predicted molar refractivity (Wildman–Crippen MR) is 39.3 cm³/mol. The van der Waals surface area contributed by atoms with Gasteiger partial charge in [-0.05, 0) is 12.0 Å². The zero-order chi connectivity index (χ0) is 7.28. The first-order valence-electron chi connectivity index (χ1n) is 3.36. The van der Waals surface area contributed by atoms with Crippen molar-refractivity contribution in [3.63, 3.8) is 0 Å². The van der Waals surface area contributed by atoms with Crippen LogP contribution in [0.25, 0.3) is 0 Å². The summed E-state index contributed by atoms with van der Waals surface area (Å²) in [5.74, 6) is 0.667. The highest BCUT2D eigenvalue weighted by atomic mass is 16.1. The van der Waals surface area contributed by atoms with Crippen LogP contribution in [0.2, 0.25) is 0 Å². The SMILES string of the molecule is C=CC(=O)CC(C)CC. The van der Waals surface area contributed by atoms with Crippen molar-refractivity contribution in [1.82, 2.24) is 0 Å². The molecular formula is C8H14O. The molecule has 52 valence electrons. The summed E-state index contributed by atoms with van der Waals surface area (Å²) in [5, 5.41) is 0. The number of ketones is 1. The second-order valence-electron chi connectivity index (χ2n) is 2.39. The molecule has 1 atom stereocenters. The van der Waals surface area contributed by atoms with Crippen molar-refractivity contribution >= 4 is 5.78 Å². The summed E-state index contributed by atoms with van der Waals surface area (Å²) in [4.78, 5) is 10.7. The number of carbonyl (C=O) groups excluding carboxylic acids is 1. The zero-order valence-electron chi connectivity index (χ0n) is 6.18. The third kappa shape index (κ3) is 3.95. The summed E-state index contributed by atoms with van der Waals surface area (Å²) in [6.45, 7) is 7.55. The first kappa shape index (κ1) is 8.41. The molecule has 0 saturated carbocycles. The van der Waals surface area contributed by atoms with Crippen LogP contribution in [-0.4, -0.2) is 5.78 Å². The summed E-state index contributed by atoms with van der Waals surface area (Å²) in [6.07, 6.45) is 3.12. The number of carbonyl (C=O) groups is 1. The Labute approximate surface area is 56.8 Å². The summed E-state index contributed by atoms with van der Waals surface area (Å²) in [7, 11) is 0. The Morgan fingerprint density at radius 2 is 2.33 bits per heavy atom. The van der Waals surface area contributed by atoms with Crippen molar-refractivity contribution < 1.29 is 4.79 Å². The quantitative estimate of drug-likeness (QED) is 0.528. The first-order chi connectivity index (χ1) is 4.20. The van der Waals surface area contributed by atoms with E-state index in [1.54, 1.807) is 0 Å². The molecule has 0 rings (SSSR count). The average Bonchev–Trinajstić information content (AvgIpc) is 1.87. The van der Waals surface area contributed by atoms with Crippen LogP contribution in [0.15, 0.2) is 12.7 Å². The molecule has 0 N–H and O–H groups in total. The minimum Gasteiger partial charge on any atom is -0.295 e. The van der Waals surface area contributed by atoms with Crippen molar-refractivity contribution in [1.29, 1.82) is 0 Å². The molecule has 0 aromatic rings. The van der Waals surface area contributed by atoms with E-state index in [2.05, 4.69) is 20.4 Å². The van der Waals surface area contributed by atoms with E-state index >= 15 is 0 Å². The van der Waals surface area contributed by atoms with Crippen LogP contribution in [0, 0.1) is 5.92 Å². The zero-order valence-corrected chi connectivity index (χ0v) is 6.18. The van der Waals surface area contributed by atoms with Gasteiger partial charge < -0.3 is 0 Å². The Kier molecular flexibility index (Phi) is 4.02. The monoisotopic (exact) mass is 126 g/mol. The van der Waals surface area contributed by atoms with Crippen LogP contribution in [0.4, 0.5) is 0 Å². The Balaban J connectivity index is 3.46. The van der Waals surface area contributed by atoms with Gasteiger partial charge in [0, 0.05) is 6.42 Å². The molecule has 1 nitrogen and oxygen atoms in total. The molecule has 0 fully saturated rings. The van der Waals surface area contributed by atoms with E-state index < -0.39 is 0 Å². The van der Waals surface area contributed by atoms with Gasteiger partial charge in [0.15, 0.2) is 5.78 Å². The van der Waals surface area contributed by atoms with E-state index in [4.69, 9.17) is 0 Å². The van der Waals surface area contributed by atoms with Crippen molar-refractivity contribution in [3.05, 3.63) is 12.7 Å². The van der Waals surface area contributed by atoms with E-state index in [-0.39, 0.29) is 5.78 Å². The highest BCUT2D eigenvalue weighted by Crippen LogP contribution is 2.06. The Morgan fingerprint density at radius 3 is 2.67 bits per heavy atom. The van der Waals surface area contributed by atoms with Crippen LogP contribution in [0.5, 0.6) is 0 Å². The average molecular weight is 126 g/mol. The molecule has 0 saturated heterocycles. The molecule has 1 heteroatoms. The molecule has 0 bridgehead atoms. The lowest BCUT2D eigenvalue weighted by Crippen LogP contribution is -2.00. The Hall–Kier alpha value is -0.590. The summed E-state index contributed by atoms with van der Waals surface area (Å²) in [6, 6.07) is 0. The molecule has 0 radical (unpaired) electrons. The van der Waals surface area contributed by atoms with E-state index in [0.717, 1.165) is 6.42 Å². The maximum absolute atomic E-state index is 10.7. The normalized spacial score (nSPS) is 12.7. The molecule has 0 spiro atoms. The lowest BCUT2D eigenvalue weighted by molar-refractivity contribution is -0.115. The molecule has 0 aliphatic carbocycles. The van der Waals surface area contributed by atoms with Crippen LogP contribution in [-0.2, 0) is 4.79 Å². The minimum atomic E-state index is 0.157. The van der Waals surface area contributed by atoms with Gasteiger partial charge in [0.1, 0.15) is 0 Å². The first-order valence-corrected chi connectivity index (χ1v) is 3.36. The van der Waals surface area contributed by atoms with Gasteiger partial charge in [-0.3, -0.25) is 4.79 Å². The summed E-state index contributed by atoms with van der Waals surface area (Å²) in [5.41, 5.74) is 0. The van der Waals surface area contributed by atoms with E-state index in [1.807, 2.05) is 0 Å². The smallest absolute Gasteiger partial charge is 0.155 e. The number of hydrogen-bond acceptors (Lipinski definition) is 1. The second-order valence-corrected chi connectivity index (χ2v) is 2.39. The number of hydrogen-bond donors (Lipinski definition) is 0. The van der Waals surface area contributed by atoms with Gasteiger partial charge in [-0.25, -0.2) is 0 Å². The fraction of sp³-hybridized carbons (Fsp3) is 0.625. The topological polar surface area (TPSA) is 17.1 Å². The van der Waals surface area contributed by atoms with Crippen LogP contribution in [0.1, 0.15) is 26.7 Å². The van der Waals surface area contributed by atoms with Gasteiger partial charge in [-0.1, -0.05) is 26.8 Å². The highest BCUT2D eigenvalue weighted by Gasteiger charge is 2.01. The lowest BCUT2D eigenvalue weighted by atomic mass is 10.0. The Morgan fingerprint density at radius 1 is 1.78 bits per heavy atom. The predicted octanol–water partition coefficient (Wildman–Crippen LogP) is 2.18. The lowest BCUT2D eigenvalue weighted by Gasteiger charge is -2.02. The maximum atomic E-state index is 10.7. The largest absolute Gasteiger partial charge is 0.295 e. The molecule has 0 aromatic carbocycles. The van der Waals surface area contributed by atoms with E-state index in [9.17, 15) is 4.79 Å². The number of allylic oxidation sites excluding steroid dienone is 1. The molecule has 0 aliphatic heterocycles. The molecule has 1 unspecified atom stereocenters. The van der Waals surface area contributed by atoms with Gasteiger partial charge in [0.25, 0.3) is 0 Å². The van der Waals surface area contributed by atoms with E-state index in [1.165, 1.54) is 6.08 Å². The Bertz CT molecular complexity index is 105. The molecule has 0 heterocycles. The number of rotatable bonds is 4. The minimum absolute atomic E-state index is 0.157. The van der Waals surface area contributed by atoms with Gasteiger partial charge in [-0.15, -0.1) is 0 Å². The fourth-order valence-electron chi connectivity index (χ4n) is 0.571. The third-order valence-corrected chi connectivity index (χ3v) is 1.47. The van der Waals surface area contributed by atoms with Gasteiger partial charge in [-0.2, -0.15) is 0 Å². The standard InChI is InChI=1S/C8H14O/c1-4-7(3)6-8(9)5-2/h5,7H,2,4,6H2,1,3H3. The van der Waals surface area contributed by atoms with Gasteiger partial charge >= 0.3 is 0 Å². The van der Waals surface area contributed by atoms with Gasteiger partial charge in [0.05, 0.1) is 0 Å². The fourth-order valence-corrected chi connectivity index (χ4v) is 0.571. The highest BCUT2D eigenvalue weighted by molar-refractivity contribution is 5.89. The summed E-state index contributed by atoms with van der Waals surface area (Å²) < 4.78 is 0. The molecule has 0 amide bonds. The molecular weight excluding hydrogens is 112 g/mol. The maximum Gasteiger partial charge on any atom is 0.155 e. The van der Waals surface area contributed by atoms with Crippen LogP contribution in [0.3, 0.4) is 0 Å². The second kappa shape index (κ2) is 4.30. The summed E-state index contributed by atoms with van der Waals surface area (Å²) >= 11 is 0. The van der Waals surface area contributed by atoms with Gasteiger partial charge in [0.2, 0.25) is 0 Å². The van der Waals surface area contributed by atoms with E-state index in [0.29, 0.717) is 12.3 Å². The van der Waals surface area contributed by atoms with Crippen molar-refractivity contribution in [2.75, 3.05) is 0 Å². The van der Waals surface area contributed by atoms with Crippen LogP contribution < -0.4 is 0 Å². The molecule has 9 heavy (non-hydrogen) atoms. The molecule has 0 aromatic heterocycles. The van der Waals surface area contributed by atoms with Crippen molar-refractivity contribution in [3.8, 4) is 0 Å². The van der Waals surface area contributed by atoms with Crippen molar-refractivity contribution in [2.45, 2.75) is 26.7 Å². The van der Waals surface area contributed by atoms with Crippen molar-refractivity contribution in [2.24, 2.45) is 5.92 Å².